The lowest BCUT2D eigenvalue weighted by atomic mass is 9.90. The fraction of sp³-hybridized carbons (Fsp3) is 0.438. The zero-order valence-corrected chi connectivity index (χ0v) is 11.7. The van der Waals surface area contributed by atoms with Crippen molar-refractivity contribution >= 4 is 12.0 Å². The van der Waals surface area contributed by atoms with Crippen LogP contribution in [0.2, 0.25) is 0 Å². The third-order valence-corrected chi connectivity index (χ3v) is 4.42. The van der Waals surface area contributed by atoms with Gasteiger partial charge in [0.1, 0.15) is 6.04 Å². The second kappa shape index (κ2) is 5.38. The van der Waals surface area contributed by atoms with Crippen molar-refractivity contribution < 1.29 is 9.53 Å². The van der Waals surface area contributed by atoms with Crippen LogP contribution in [-0.4, -0.2) is 25.7 Å². The van der Waals surface area contributed by atoms with E-state index in [2.05, 4.69) is 35.4 Å². The van der Waals surface area contributed by atoms with Gasteiger partial charge in [-0.15, -0.1) is 0 Å². The Morgan fingerprint density at radius 2 is 2.30 bits per heavy atom. The highest BCUT2D eigenvalue weighted by molar-refractivity contribution is 5.76. The number of ether oxygens (including phenoxy) is 1. The van der Waals surface area contributed by atoms with Gasteiger partial charge in [-0.25, -0.2) is 0 Å². The smallest absolute Gasteiger partial charge is 0.322 e. The van der Waals surface area contributed by atoms with Crippen LogP contribution < -0.4 is 10.6 Å². The van der Waals surface area contributed by atoms with Crippen LogP contribution in [0.25, 0.3) is 6.08 Å². The first-order chi connectivity index (χ1) is 9.74. The number of hydrogen-bond donors (Lipinski definition) is 2. The lowest BCUT2D eigenvalue weighted by molar-refractivity contribution is -0.142. The van der Waals surface area contributed by atoms with E-state index in [1.54, 1.807) is 0 Å². The first-order valence-corrected chi connectivity index (χ1v) is 7.03. The Labute approximate surface area is 119 Å². The number of hydrogen-bond acceptors (Lipinski definition) is 4. The number of fused-ring (bicyclic) bond motifs is 1. The molecule has 0 amide bonds. The molecule has 0 aliphatic carbocycles. The Kier molecular flexibility index (Phi) is 3.59. The van der Waals surface area contributed by atoms with Crippen molar-refractivity contribution in [2.24, 2.45) is 5.92 Å². The van der Waals surface area contributed by atoms with Gasteiger partial charge in [-0.3, -0.25) is 4.79 Å². The molecule has 0 spiro atoms. The van der Waals surface area contributed by atoms with E-state index >= 15 is 0 Å². The average Bonchev–Trinajstić information content (AvgIpc) is 3.12. The molecule has 1 aromatic carbocycles. The Hall–Kier alpha value is -1.65. The summed E-state index contributed by atoms with van der Waals surface area (Å²) in [6, 6.07) is 6.50. The fourth-order valence-corrected chi connectivity index (χ4v) is 3.39. The second-order valence-electron chi connectivity index (χ2n) is 5.46. The topological polar surface area (TPSA) is 50.4 Å². The highest BCUT2D eigenvalue weighted by Crippen LogP contribution is 2.36. The van der Waals surface area contributed by atoms with Crippen LogP contribution in [-0.2, 0) is 16.1 Å². The maximum atomic E-state index is 11.6. The van der Waals surface area contributed by atoms with E-state index in [9.17, 15) is 4.79 Å². The molecule has 0 radical (unpaired) electrons. The SMILES string of the molecule is C=Cc1cccc2c1CNC2[C@H]1CN[C@H](C(=O)OC)C1. The van der Waals surface area contributed by atoms with Crippen molar-refractivity contribution in [2.75, 3.05) is 13.7 Å². The first kappa shape index (κ1) is 13.3. The Morgan fingerprint density at radius 1 is 1.45 bits per heavy atom. The molecule has 20 heavy (non-hydrogen) atoms. The number of methoxy groups -OCH3 is 1. The van der Waals surface area contributed by atoms with Gasteiger partial charge in [0.25, 0.3) is 0 Å². The first-order valence-electron chi connectivity index (χ1n) is 7.03. The molecule has 2 heterocycles. The molecule has 2 aliphatic rings. The van der Waals surface area contributed by atoms with Crippen LogP contribution in [0.1, 0.15) is 29.2 Å². The molecule has 1 aromatic rings. The maximum absolute atomic E-state index is 11.6. The fourth-order valence-electron chi connectivity index (χ4n) is 3.39. The summed E-state index contributed by atoms with van der Waals surface area (Å²) in [4.78, 5) is 11.6. The third-order valence-electron chi connectivity index (χ3n) is 4.42. The molecule has 2 aliphatic heterocycles. The number of esters is 1. The lowest BCUT2D eigenvalue weighted by Gasteiger charge is -2.19. The van der Waals surface area contributed by atoms with Crippen molar-refractivity contribution in [1.29, 1.82) is 0 Å². The molecule has 0 saturated carbocycles. The second-order valence-corrected chi connectivity index (χ2v) is 5.46. The van der Waals surface area contributed by atoms with Gasteiger partial charge in [-0.1, -0.05) is 30.9 Å². The number of carbonyl (C=O) groups excluding carboxylic acids is 1. The summed E-state index contributed by atoms with van der Waals surface area (Å²) in [5.41, 5.74) is 3.89. The van der Waals surface area contributed by atoms with Crippen LogP contribution >= 0.6 is 0 Å². The summed E-state index contributed by atoms with van der Waals surface area (Å²) in [7, 11) is 1.44. The normalized spacial score (nSPS) is 28.1. The Morgan fingerprint density at radius 3 is 3.05 bits per heavy atom. The quantitative estimate of drug-likeness (QED) is 0.821. The predicted octanol–water partition coefficient (Wildman–Crippen LogP) is 1.62. The molecule has 3 atom stereocenters. The molecule has 1 saturated heterocycles. The Bertz CT molecular complexity index is 541. The zero-order valence-electron chi connectivity index (χ0n) is 11.7. The van der Waals surface area contributed by atoms with E-state index < -0.39 is 0 Å². The molecular formula is C16H20N2O2. The summed E-state index contributed by atoms with van der Waals surface area (Å²) in [6.07, 6.45) is 2.73. The van der Waals surface area contributed by atoms with E-state index in [1.807, 2.05) is 6.08 Å². The minimum Gasteiger partial charge on any atom is -0.468 e. The van der Waals surface area contributed by atoms with Crippen molar-refractivity contribution in [1.82, 2.24) is 10.6 Å². The van der Waals surface area contributed by atoms with Gasteiger partial charge < -0.3 is 15.4 Å². The average molecular weight is 272 g/mol. The van der Waals surface area contributed by atoms with Crippen LogP contribution in [0.5, 0.6) is 0 Å². The molecule has 1 unspecified atom stereocenters. The van der Waals surface area contributed by atoms with Gasteiger partial charge in [0.05, 0.1) is 7.11 Å². The number of rotatable bonds is 3. The molecule has 0 bridgehead atoms. The van der Waals surface area contributed by atoms with E-state index in [1.165, 1.54) is 23.8 Å². The molecule has 106 valence electrons. The van der Waals surface area contributed by atoms with Crippen molar-refractivity contribution in [2.45, 2.75) is 25.0 Å². The van der Waals surface area contributed by atoms with E-state index in [0.29, 0.717) is 12.0 Å². The molecule has 4 nitrogen and oxygen atoms in total. The highest BCUT2D eigenvalue weighted by Gasteiger charge is 2.38. The lowest BCUT2D eigenvalue weighted by Crippen LogP contribution is -2.31. The standard InChI is InChI=1S/C16H20N2O2/c1-3-10-5-4-6-12-13(10)9-18-15(12)11-7-14(17-8-11)16(19)20-2/h3-6,11,14-15,17-18H,1,7-9H2,2H3/t11-,14+,15?/m1/s1. The van der Waals surface area contributed by atoms with Crippen molar-refractivity contribution in [3.8, 4) is 0 Å². The molecular weight excluding hydrogens is 252 g/mol. The number of nitrogens with one attached hydrogen (secondary N) is 2. The largest absolute Gasteiger partial charge is 0.468 e. The van der Waals surface area contributed by atoms with Crippen molar-refractivity contribution in [3.63, 3.8) is 0 Å². The van der Waals surface area contributed by atoms with E-state index in [-0.39, 0.29) is 12.0 Å². The zero-order chi connectivity index (χ0) is 14.1. The van der Waals surface area contributed by atoms with Gasteiger partial charge in [0.15, 0.2) is 0 Å². The van der Waals surface area contributed by atoms with Crippen LogP contribution in [0.4, 0.5) is 0 Å². The van der Waals surface area contributed by atoms with Gasteiger partial charge >= 0.3 is 5.97 Å². The summed E-state index contributed by atoms with van der Waals surface area (Å²) in [5, 5.41) is 6.84. The van der Waals surface area contributed by atoms with E-state index in [4.69, 9.17) is 4.74 Å². The predicted molar refractivity (Wildman–Crippen MR) is 78.0 cm³/mol. The minimum atomic E-state index is -0.168. The van der Waals surface area contributed by atoms with Gasteiger partial charge in [0.2, 0.25) is 0 Å². The summed E-state index contributed by atoms with van der Waals surface area (Å²) < 4.78 is 4.82. The van der Waals surface area contributed by atoms with Crippen LogP contribution in [0.15, 0.2) is 24.8 Å². The maximum Gasteiger partial charge on any atom is 0.322 e. The molecule has 1 fully saturated rings. The van der Waals surface area contributed by atoms with Gasteiger partial charge in [-0.2, -0.15) is 0 Å². The monoisotopic (exact) mass is 272 g/mol. The number of benzene rings is 1. The summed E-state index contributed by atoms with van der Waals surface area (Å²) in [6.45, 7) is 5.60. The van der Waals surface area contributed by atoms with Crippen LogP contribution in [0, 0.1) is 5.92 Å². The molecule has 2 N–H and O–H groups in total. The minimum absolute atomic E-state index is 0.162. The van der Waals surface area contributed by atoms with Gasteiger partial charge in [-0.05, 0) is 29.0 Å². The summed E-state index contributed by atoms with van der Waals surface area (Å²) in [5.74, 6) is 0.256. The summed E-state index contributed by atoms with van der Waals surface area (Å²) >= 11 is 0. The molecule has 0 aromatic heterocycles. The number of carbonyl (C=O) groups is 1. The van der Waals surface area contributed by atoms with Crippen LogP contribution in [0.3, 0.4) is 0 Å². The Balaban J connectivity index is 1.79. The van der Waals surface area contributed by atoms with E-state index in [0.717, 1.165) is 19.5 Å². The van der Waals surface area contributed by atoms with Gasteiger partial charge in [0, 0.05) is 19.1 Å². The highest BCUT2D eigenvalue weighted by atomic mass is 16.5. The molecule has 4 heteroatoms. The van der Waals surface area contributed by atoms with Crippen molar-refractivity contribution in [3.05, 3.63) is 41.5 Å². The third kappa shape index (κ3) is 2.15. The molecule has 3 rings (SSSR count).